The summed E-state index contributed by atoms with van der Waals surface area (Å²) in [5.41, 5.74) is 1.17. The van der Waals surface area contributed by atoms with Crippen LogP contribution in [0.3, 0.4) is 0 Å². The van der Waals surface area contributed by atoms with Gasteiger partial charge in [-0.2, -0.15) is 0 Å². The average molecular weight is 431 g/mol. The Morgan fingerprint density at radius 2 is 1.91 bits per heavy atom. The number of halogens is 3. The van der Waals surface area contributed by atoms with Crippen LogP contribution in [0.5, 0.6) is 5.75 Å². The van der Waals surface area contributed by atoms with Gasteiger partial charge >= 0.3 is 0 Å². The molecule has 2 aromatic rings. The van der Waals surface area contributed by atoms with Gasteiger partial charge in [0, 0.05) is 4.47 Å². The standard InChI is InChI=1S/C16H14Br2FNO2/c1-9(10-3-6-15(22-2)14(18)7-10)20-16(21)12-8-11(19)4-5-13(12)17/h3-9H,1-2H3,(H,20,21). The molecule has 0 aliphatic rings. The summed E-state index contributed by atoms with van der Waals surface area (Å²) in [7, 11) is 1.59. The molecule has 2 aromatic carbocycles. The van der Waals surface area contributed by atoms with Gasteiger partial charge in [-0.05, 0) is 74.7 Å². The molecule has 0 fully saturated rings. The van der Waals surface area contributed by atoms with Crippen LogP contribution >= 0.6 is 31.9 Å². The van der Waals surface area contributed by atoms with Gasteiger partial charge in [0.1, 0.15) is 11.6 Å². The fourth-order valence-electron chi connectivity index (χ4n) is 1.98. The third-order valence-corrected chi connectivity index (χ3v) is 4.51. The Bertz CT molecular complexity index is 707. The van der Waals surface area contributed by atoms with Crippen LogP contribution in [0.4, 0.5) is 4.39 Å². The first-order chi connectivity index (χ1) is 10.4. The molecule has 0 aliphatic heterocycles. The van der Waals surface area contributed by atoms with Crippen LogP contribution in [0.25, 0.3) is 0 Å². The van der Waals surface area contributed by atoms with Gasteiger partial charge in [0.25, 0.3) is 5.91 Å². The van der Waals surface area contributed by atoms with Crippen molar-refractivity contribution in [2.24, 2.45) is 0 Å². The predicted octanol–water partition coefficient (Wildman–Crippen LogP) is 4.85. The van der Waals surface area contributed by atoms with Crippen LogP contribution in [0.1, 0.15) is 28.9 Å². The monoisotopic (exact) mass is 429 g/mol. The Morgan fingerprint density at radius 1 is 1.18 bits per heavy atom. The molecule has 0 heterocycles. The van der Waals surface area contributed by atoms with Crippen LogP contribution < -0.4 is 10.1 Å². The molecule has 0 bridgehead atoms. The summed E-state index contributed by atoms with van der Waals surface area (Å²) in [5.74, 6) is -0.0749. The second-order valence-corrected chi connectivity index (χ2v) is 6.42. The Morgan fingerprint density at radius 3 is 2.55 bits per heavy atom. The van der Waals surface area contributed by atoms with E-state index in [1.165, 1.54) is 18.2 Å². The van der Waals surface area contributed by atoms with E-state index in [4.69, 9.17) is 4.74 Å². The van der Waals surface area contributed by atoms with Crippen molar-refractivity contribution in [3.8, 4) is 5.75 Å². The lowest BCUT2D eigenvalue weighted by Gasteiger charge is -2.16. The molecule has 0 aromatic heterocycles. The number of benzene rings is 2. The predicted molar refractivity (Wildman–Crippen MR) is 90.7 cm³/mol. The highest BCUT2D eigenvalue weighted by molar-refractivity contribution is 9.10. The number of ether oxygens (including phenoxy) is 1. The normalized spacial score (nSPS) is 11.9. The zero-order valence-electron chi connectivity index (χ0n) is 12.0. The molecule has 6 heteroatoms. The molecular formula is C16H14Br2FNO2. The first kappa shape index (κ1) is 17.0. The zero-order valence-corrected chi connectivity index (χ0v) is 15.2. The van der Waals surface area contributed by atoms with Gasteiger partial charge in [0.05, 0.1) is 23.2 Å². The lowest BCUT2D eigenvalue weighted by Crippen LogP contribution is -2.27. The number of carbonyl (C=O) groups is 1. The number of nitrogens with one attached hydrogen (secondary N) is 1. The van der Waals surface area contributed by atoms with E-state index in [1.54, 1.807) is 7.11 Å². The maximum Gasteiger partial charge on any atom is 0.253 e. The molecule has 3 nitrogen and oxygen atoms in total. The van der Waals surface area contributed by atoms with Gasteiger partial charge in [-0.15, -0.1) is 0 Å². The highest BCUT2D eigenvalue weighted by atomic mass is 79.9. The molecule has 0 saturated carbocycles. The van der Waals surface area contributed by atoms with Gasteiger partial charge < -0.3 is 10.1 Å². The molecule has 22 heavy (non-hydrogen) atoms. The van der Waals surface area contributed by atoms with E-state index >= 15 is 0 Å². The highest BCUT2D eigenvalue weighted by Gasteiger charge is 2.15. The van der Waals surface area contributed by atoms with Crippen molar-refractivity contribution in [1.82, 2.24) is 5.32 Å². The molecule has 1 atom stereocenters. The molecule has 1 unspecified atom stereocenters. The molecule has 2 rings (SSSR count). The summed E-state index contributed by atoms with van der Waals surface area (Å²) >= 11 is 6.67. The Balaban J connectivity index is 2.17. The molecule has 0 radical (unpaired) electrons. The van der Waals surface area contributed by atoms with E-state index in [0.717, 1.165) is 15.8 Å². The van der Waals surface area contributed by atoms with Crippen molar-refractivity contribution in [2.45, 2.75) is 13.0 Å². The Kier molecular flexibility index (Phi) is 5.58. The minimum Gasteiger partial charge on any atom is -0.496 e. The number of hydrogen-bond donors (Lipinski definition) is 1. The lowest BCUT2D eigenvalue weighted by molar-refractivity contribution is 0.0938. The second kappa shape index (κ2) is 7.24. The quantitative estimate of drug-likeness (QED) is 0.752. The number of rotatable bonds is 4. The maximum atomic E-state index is 13.3. The van der Waals surface area contributed by atoms with E-state index in [2.05, 4.69) is 37.2 Å². The number of methoxy groups -OCH3 is 1. The van der Waals surface area contributed by atoms with Crippen molar-refractivity contribution in [3.05, 3.63) is 62.3 Å². The number of hydrogen-bond acceptors (Lipinski definition) is 2. The molecule has 0 saturated heterocycles. The molecule has 0 spiro atoms. The fraction of sp³-hybridized carbons (Fsp3) is 0.188. The lowest BCUT2D eigenvalue weighted by atomic mass is 10.1. The summed E-state index contributed by atoms with van der Waals surface area (Å²) in [6, 6.07) is 9.35. The SMILES string of the molecule is COc1ccc(C(C)NC(=O)c2cc(F)ccc2Br)cc1Br. The van der Waals surface area contributed by atoms with Crippen LogP contribution in [0.2, 0.25) is 0 Å². The zero-order chi connectivity index (χ0) is 16.3. The topological polar surface area (TPSA) is 38.3 Å². The molecule has 1 amide bonds. The van der Waals surface area contributed by atoms with Gasteiger partial charge in [-0.1, -0.05) is 6.07 Å². The van der Waals surface area contributed by atoms with E-state index in [0.29, 0.717) is 4.47 Å². The Hall–Kier alpha value is -1.40. The number of amides is 1. The summed E-state index contributed by atoms with van der Waals surface area (Å²) in [5, 5.41) is 2.85. The minimum atomic E-state index is -0.451. The highest BCUT2D eigenvalue weighted by Crippen LogP contribution is 2.28. The van der Waals surface area contributed by atoms with Crippen molar-refractivity contribution >= 4 is 37.8 Å². The first-order valence-corrected chi connectivity index (χ1v) is 8.10. The molecule has 1 N–H and O–H groups in total. The van der Waals surface area contributed by atoms with Crippen molar-refractivity contribution in [3.63, 3.8) is 0 Å². The van der Waals surface area contributed by atoms with E-state index in [9.17, 15) is 9.18 Å². The van der Waals surface area contributed by atoms with E-state index < -0.39 is 5.82 Å². The molecule has 116 valence electrons. The Labute approximate surface area is 145 Å². The summed E-state index contributed by atoms with van der Waals surface area (Å²) in [6.07, 6.45) is 0. The first-order valence-electron chi connectivity index (χ1n) is 6.51. The fourth-order valence-corrected chi connectivity index (χ4v) is 2.97. The van der Waals surface area contributed by atoms with E-state index in [-0.39, 0.29) is 17.5 Å². The third-order valence-electron chi connectivity index (χ3n) is 3.20. The summed E-state index contributed by atoms with van der Waals surface area (Å²) in [4.78, 5) is 12.3. The van der Waals surface area contributed by atoms with E-state index in [1.807, 2.05) is 25.1 Å². The van der Waals surface area contributed by atoms with Crippen molar-refractivity contribution < 1.29 is 13.9 Å². The van der Waals surface area contributed by atoms with Crippen LogP contribution in [-0.4, -0.2) is 13.0 Å². The van der Waals surface area contributed by atoms with Crippen LogP contribution in [-0.2, 0) is 0 Å². The van der Waals surface area contributed by atoms with Crippen LogP contribution in [0, 0.1) is 5.82 Å². The average Bonchev–Trinajstić information content (AvgIpc) is 2.49. The van der Waals surface area contributed by atoms with Crippen molar-refractivity contribution in [1.29, 1.82) is 0 Å². The molecular weight excluding hydrogens is 417 g/mol. The third kappa shape index (κ3) is 3.87. The van der Waals surface area contributed by atoms with Crippen LogP contribution in [0.15, 0.2) is 45.3 Å². The largest absolute Gasteiger partial charge is 0.496 e. The summed E-state index contributed by atoms with van der Waals surface area (Å²) in [6.45, 7) is 1.86. The van der Waals surface area contributed by atoms with Gasteiger partial charge in [0.2, 0.25) is 0 Å². The van der Waals surface area contributed by atoms with Gasteiger partial charge in [0.15, 0.2) is 0 Å². The van der Waals surface area contributed by atoms with Crippen molar-refractivity contribution in [2.75, 3.05) is 7.11 Å². The van der Waals surface area contributed by atoms with Gasteiger partial charge in [-0.25, -0.2) is 4.39 Å². The number of carbonyl (C=O) groups excluding carboxylic acids is 1. The smallest absolute Gasteiger partial charge is 0.253 e. The minimum absolute atomic E-state index is 0.232. The summed E-state index contributed by atoms with van der Waals surface area (Å²) < 4.78 is 19.8. The maximum absolute atomic E-state index is 13.3. The second-order valence-electron chi connectivity index (χ2n) is 4.71. The van der Waals surface area contributed by atoms with Gasteiger partial charge in [-0.3, -0.25) is 4.79 Å². The molecule has 0 aliphatic carbocycles.